The van der Waals surface area contributed by atoms with Gasteiger partial charge in [0.15, 0.2) is 0 Å². The Balaban J connectivity index is 1.80. The molecular formula is C36H41NO5. The highest BCUT2D eigenvalue weighted by Gasteiger charge is 2.24. The number of nitrogens with zero attached hydrogens (tertiary/aromatic N) is 1. The van der Waals surface area contributed by atoms with Crippen LogP contribution in [-0.4, -0.2) is 49.3 Å². The highest BCUT2D eigenvalue weighted by molar-refractivity contribution is 5.86. The Bertz CT molecular complexity index is 1380. The van der Waals surface area contributed by atoms with Gasteiger partial charge < -0.3 is 24.2 Å². The molecule has 0 aliphatic rings. The smallest absolute Gasteiger partial charge is 0.227 e. The van der Waals surface area contributed by atoms with Crippen LogP contribution in [0.4, 0.5) is 0 Å². The molecule has 1 N–H and O–H groups in total. The van der Waals surface area contributed by atoms with E-state index in [9.17, 15) is 9.90 Å². The Morgan fingerprint density at radius 3 is 1.88 bits per heavy atom. The van der Waals surface area contributed by atoms with Crippen molar-refractivity contribution in [2.75, 3.05) is 33.4 Å². The SMILES string of the molecule is CCc1c(OCc2ccccc2)cc(OCc2ccccc2)c(-c2ccccc2)c1CC(=O)N(CCO)CCCOC. The van der Waals surface area contributed by atoms with Crippen molar-refractivity contribution in [1.82, 2.24) is 4.90 Å². The minimum Gasteiger partial charge on any atom is -0.488 e. The fraction of sp³-hybridized carbons (Fsp3) is 0.306. The highest BCUT2D eigenvalue weighted by atomic mass is 16.5. The lowest BCUT2D eigenvalue weighted by Gasteiger charge is -2.26. The number of amides is 1. The third kappa shape index (κ3) is 8.44. The number of hydrogen-bond acceptors (Lipinski definition) is 5. The second kappa shape index (κ2) is 16.3. The molecule has 0 saturated heterocycles. The zero-order chi connectivity index (χ0) is 29.6. The molecule has 0 aliphatic carbocycles. The molecule has 4 aromatic carbocycles. The summed E-state index contributed by atoms with van der Waals surface area (Å²) in [6.07, 6.45) is 1.53. The van der Waals surface area contributed by atoms with Gasteiger partial charge >= 0.3 is 0 Å². The molecule has 0 atom stereocenters. The lowest BCUT2D eigenvalue weighted by atomic mass is 9.90. The van der Waals surface area contributed by atoms with Gasteiger partial charge in [-0.15, -0.1) is 0 Å². The van der Waals surface area contributed by atoms with Crippen LogP contribution in [0.2, 0.25) is 0 Å². The topological polar surface area (TPSA) is 68.2 Å². The molecule has 4 rings (SSSR count). The third-order valence-electron chi connectivity index (χ3n) is 7.19. The van der Waals surface area contributed by atoms with Crippen LogP contribution < -0.4 is 9.47 Å². The molecule has 6 heteroatoms. The van der Waals surface area contributed by atoms with Gasteiger partial charge in [-0.2, -0.15) is 0 Å². The van der Waals surface area contributed by atoms with Gasteiger partial charge in [0.25, 0.3) is 0 Å². The Labute approximate surface area is 249 Å². The van der Waals surface area contributed by atoms with Crippen molar-refractivity contribution in [3.05, 3.63) is 119 Å². The van der Waals surface area contributed by atoms with Crippen LogP contribution in [0.25, 0.3) is 11.1 Å². The van der Waals surface area contributed by atoms with Crippen molar-refractivity contribution in [2.45, 2.75) is 39.4 Å². The fourth-order valence-corrected chi connectivity index (χ4v) is 5.09. The largest absolute Gasteiger partial charge is 0.488 e. The van der Waals surface area contributed by atoms with Crippen LogP contribution in [0.1, 0.15) is 35.6 Å². The van der Waals surface area contributed by atoms with E-state index in [-0.39, 0.29) is 25.5 Å². The second-order valence-corrected chi connectivity index (χ2v) is 10.1. The van der Waals surface area contributed by atoms with Crippen molar-refractivity contribution in [3.63, 3.8) is 0 Å². The van der Waals surface area contributed by atoms with Crippen molar-refractivity contribution in [3.8, 4) is 22.6 Å². The summed E-state index contributed by atoms with van der Waals surface area (Å²) in [4.78, 5) is 15.5. The van der Waals surface area contributed by atoms with Crippen LogP contribution in [0.3, 0.4) is 0 Å². The number of methoxy groups -OCH3 is 1. The number of benzene rings is 4. The zero-order valence-corrected chi connectivity index (χ0v) is 24.6. The summed E-state index contributed by atoms with van der Waals surface area (Å²) in [5.74, 6) is 1.32. The van der Waals surface area contributed by atoms with Gasteiger partial charge in [-0.25, -0.2) is 0 Å². The van der Waals surface area contributed by atoms with E-state index in [1.807, 2.05) is 97.1 Å². The van der Waals surface area contributed by atoms with E-state index in [4.69, 9.17) is 14.2 Å². The number of hydrogen-bond donors (Lipinski definition) is 1. The molecule has 42 heavy (non-hydrogen) atoms. The second-order valence-electron chi connectivity index (χ2n) is 10.1. The number of aliphatic hydroxyl groups excluding tert-OH is 1. The van der Waals surface area contributed by atoms with Gasteiger partial charge in [-0.3, -0.25) is 4.79 Å². The molecular weight excluding hydrogens is 526 g/mol. The minimum absolute atomic E-state index is 0.0544. The van der Waals surface area contributed by atoms with E-state index < -0.39 is 0 Å². The first-order valence-electron chi connectivity index (χ1n) is 14.6. The molecule has 0 radical (unpaired) electrons. The van der Waals surface area contributed by atoms with Gasteiger partial charge in [-0.1, -0.05) is 97.9 Å². The molecule has 0 saturated carbocycles. The van der Waals surface area contributed by atoms with E-state index in [0.29, 0.717) is 50.7 Å². The molecule has 0 heterocycles. The van der Waals surface area contributed by atoms with Crippen molar-refractivity contribution in [2.24, 2.45) is 0 Å². The fourth-order valence-electron chi connectivity index (χ4n) is 5.09. The molecule has 6 nitrogen and oxygen atoms in total. The first-order chi connectivity index (χ1) is 20.6. The van der Waals surface area contributed by atoms with E-state index in [0.717, 1.165) is 33.4 Å². The van der Waals surface area contributed by atoms with Crippen LogP contribution >= 0.6 is 0 Å². The summed E-state index contributed by atoms with van der Waals surface area (Å²) in [5, 5.41) is 9.72. The summed E-state index contributed by atoms with van der Waals surface area (Å²) >= 11 is 0. The van der Waals surface area contributed by atoms with Crippen LogP contribution in [0.15, 0.2) is 97.1 Å². The number of carbonyl (C=O) groups is 1. The van der Waals surface area contributed by atoms with Gasteiger partial charge in [0.05, 0.1) is 13.0 Å². The normalized spacial score (nSPS) is 10.8. The molecule has 0 bridgehead atoms. The number of ether oxygens (including phenoxy) is 3. The third-order valence-corrected chi connectivity index (χ3v) is 7.19. The van der Waals surface area contributed by atoms with E-state index in [1.165, 1.54) is 0 Å². The van der Waals surface area contributed by atoms with E-state index in [2.05, 4.69) is 6.92 Å². The van der Waals surface area contributed by atoms with Gasteiger partial charge in [-0.05, 0) is 40.7 Å². The number of aliphatic hydroxyl groups is 1. The van der Waals surface area contributed by atoms with E-state index >= 15 is 0 Å². The summed E-state index contributed by atoms with van der Waals surface area (Å²) in [6, 6.07) is 32.1. The van der Waals surface area contributed by atoms with Crippen molar-refractivity contribution >= 4 is 5.91 Å². The Morgan fingerprint density at radius 2 is 1.33 bits per heavy atom. The molecule has 1 amide bonds. The molecule has 0 fully saturated rings. The molecule has 0 unspecified atom stereocenters. The average molecular weight is 568 g/mol. The molecule has 0 aliphatic heterocycles. The maximum Gasteiger partial charge on any atom is 0.227 e. The Kier molecular flexibility index (Phi) is 12.0. The Hall–Kier alpha value is -4.13. The predicted molar refractivity (Wildman–Crippen MR) is 167 cm³/mol. The summed E-state index contributed by atoms with van der Waals surface area (Å²) in [7, 11) is 1.65. The molecule has 220 valence electrons. The first kappa shape index (κ1) is 30.8. The molecule has 0 aromatic heterocycles. The van der Waals surface area contributed by atoms with Crippen molar-refractivity contribution < 1.29 is 24.1 Å². The van der Waals surface area contributed by atoms with Gasteiger partial charge in [0.2, 0.25) is 5.91 Å². The van der Waals surface area contributed by atoms with Crippen LogP contribution in [-0.2, 0) is 35.6 Å². The lowest BCUT2D eigenvalue weighted by Crippen LogP contribution is -2.36. The number of rotatable bonds is 16. The minimum atomic E-state index is -0.101. The predicted octanol–water partition coefficient (Wildman–Crippen LogP) is 6.47. The summed E-state index contributed by atoms with van der Waals surface area (Å²) < 4.78 is 18.2. The number of carbonyl (C=O) groups excluding carboxylic acids is 1. The lowest BCUT2D eigenvalue weighted by molar-refractivity contribution is -0.131. The zero-order valence-electron chi connectivity index (χ0n) is 24.6. The highest BCUT2D eigenvalue weighted by Crippen LogP contribution is 2.42. The van der Waals surface area contributed by atoms with Crippen molar-refractivity contribution in [1.29, 1.82) is 0 Å². The Morgan fingerprint density at radius 1 is 0.762 bits per heavy atom. The molecule has 4 aromatic rings. The maximum absolute atomic E-state index is 13.8. The maximum atomic E-state index is 13.8. The average Bonchev–Trinajstić information content (AvgIpc) is 3.03. The first-order valence-corrected chi connectivity index (χ1v) is 14.6. The van der Waals surface area contributed by atoms with E-state index in [1.54, 1.807) is 12.0 Å². The standard InChI is InChI=1S/C36H41NO5/c1-3-31-32(24-35(39)37(21-22-38)20-13-23-40-2)36(30-18-11-6-12-19-30)34(42-27-29-16-9-5-10-17-29)25-33(31)41-26-28-14-7-4-8-15-28/h4-12,14-19,25,38H,3,13,20-24,26-27H2,1-2H3. The van der Waals surface area contributed by atoms with Crippen LogP contribution in [0.5, 0.6) is 11.5 Å². The molecule has 0 spiro atoms. The van der Waals surface area contributed by atoms with Crippen LogP contribution in [0, 0.1) is 0 Å². The summed E-state index contributed by atoms with van der Waals surface area (Å²) in [5.41, 5.74) is 5.84. The quantitative estimate of drug-likeness (QED) is 0.157. The monoisotopic (exact) mass is 567 g/mol. The van der Waals surface area contributed by atoms with Gasteiger partial charge in [0, 0.05) is 38.4 Å². The van der Waals surface area contributed by atoms with Gasteiger partial charge in [0.1, 0.15) is 24.7 Å². The summed E-state index contributed by atoms with van der Waals surface area (Å²) in [6.45, 7) is 4.09.